The van der Waals surface area contributed by atoms with Gasteiger partial charge in [-0.3, -0.25) is 33.6 Å². The van der Waals surface area contributed by atoms with Gasteiger partial charge in [0.15, 0.2) is 11.6 Å². The van der Waals surface area contributed by atoms with Crippen molar-refractivity contribution < 1.29 is 81.3 Å². The largest absolute Gasteiger partial charge is 0.494 e. The topological polar surface area (TPSA) is 223 Å². The summed E-state index contributed by atoms with van der Waals surface area (Å²) in [6.07, 6.45) is -0.161. The van der Waals surface area contributed by atoms with Gasteiger partial charge >= 0.3 is 29.8 Å². The van der Waals surface area contributed by atoms with Gasteiger partial charge in [0.05, 0.1) is 32.5 Å². The van der Waals surface area contributed by atoms with Crippen LogP contribution in [-0.2, 0) is 63.7 Å². The van der Waals surface area contributed by atoms with Gasteiger partial charge in [0.25, 0.3) is 0 Å². The summed E-state index contributed by atoms with van der Waals surface area (Å²) in [5, 5.41) is 10.6. The van der Waals surface area contributed by atoms with E-state index in [1.165, 1.54) is 13.8 Å². The van der Waals surface area contributed by atoms with Gasteiger partial charge in [0.1, 0.15) is 67.1 Å². The van der Waals surface area contributed by atoms with Crippen LogP contribution in [0.4, 0.5) is 0 Å². The van der Waals surface area contributed by atoms with Crippen LogP contribution in [0.25, 0.3) is 0 Å². The Kier molecular flexibility index (Phi) is 20.6. The first-order chi connectivity index (χ1) is 34.3. The molecule has 0 aromatic heterocycles. The third kappa shape index (κ3) is 17.4. The first-order valence-corrected chi connectivity index (χ1v) is 23.6. The lowest BCUT2D eigenvalue weighted by molar-refractivity contribution is -0.282. The Hall–Kier alpha value is -6.95. The molecule has 17 heteroatoms. The third-order valence-electron chi connectivity index (χ3n) is 11.7. The Morgan fingerprint density at radius 3 is 1.62 bits per heavy atom. The van der Waals surface area contributed by atoms with Crippen molar-refractivity contribution in [1.29, 1.82) is 0 Å². The minimum absolute atomic E-state index is 0.0181. The molecule has 1 N–H and O–H groups in total. The molecule has 1 aliphatic rings. The third-order valence-corrected chi connectivity index (χ3v) is 11.7. The summed E-state index contributed by atoms with van der Waals surface area (Å²) < 4.78 is 51.0. The normalized spacial score (nSPS) is 15.8. The molecule has 0 bridgehead atoms. The van der Waals surface area contributed by atoms with E-state index in [9.17, 15) is 38.7 Å². The molecule has 0 aliphatic carbocycles. The van der Waals surface area contributed by atoms with E-state index in [0.717, 1.165) is 0 Å². The zero-order valence-corrected chi connectivity index (χ0v) is 41.4. The van der Waals surface area contributed by atoms with Crippen LogP contribution < -0.4 is 9.47 Å². The molecule has 1 heterocycles. The van der Waals surface area contributed by atoms with Crippen LogP contribution in [0.1, 0.15) is 105 Å². The highest BCUT2D eigenvalue weighted by atomic mass is 16.7. The second-order valence-electron chi connectivity index (χ2n) is 18.9. The smallest absolute Gasteiger partial charge is 0.319 e. The molecule has 1 saturated heterocycles. The van der Waals surface area contributed by atoms with Crippen molar-refractivity contribution >= 4 is 41.9 Å². The summed E-state index contributed by atoms with van der Waals surface area (Å²) in [5.74, 6) is -4.09. The maximum atomic E-state index is 14.1. The number of rotatable bonds is 28. The van der Waals surface area contributed by atoms with Crippen molar-refractivity contribution in [3.63, 3.8) is 0 Å². The minimum atomic E-state index is -1.79. The van der Waals surface area contributed by atoms with E-state index in [1.54, 1.807) is 130 Å². The predicted molar refractivity (Wildman–Crippen MR) is 258 cm³/mol. The molecule has 1 aliphatic heterocycles. The lowest BCUT2D eigenvalue weighted by Crippen LogP contribution is -2.51. The number of ether oxygens (including phenoxy) is 9. The van der Waals surface area contributed by atoms with Crippen LogP contribution in [0.15, 0.2) is 109 Å². The van der Waals surface area contributed by atoms with Crippen LogP contribution in [0.5, 0.6) is 11.5 Å². The van der Waals surface area contributed by atoms with Gasteiger partial charge in [0.2, 0.25) is 0 Å². The molecule has 17 nitrogen and oxygen atoms in total. The molecular formula is C55H64O17. The molecule has 0 radical (unpaired) electrons. The quantitative estimate of drug-likeness (QED) is 0.0191. The summed E-state index contributed by atoms with van der Waals surface area (Å²) in [7, 11) is 0. The number of ketones is 1. The van der Waals surface area contributed by atoms with Crippen LogP contribution in [0, 0.1) is 16.2 Å². The van der Waals surface area contributed by atoms with Gasteiger partial charge in [0, 0.05) is 30.4 Å². The van der Waals surface area contributed by atoms with Crippen molar-refractivity contribution in [1.82, 2.24) is 0 Å². The average molecular weight is 997 g/mol. The highest BCUT2D eigenvalue weighted by Gasteiger charge is 2.47. The number of hydrogen-bond donors (Lipinski definition) is 1. The monoisotopic (exact) mass is 996 g/mol. The number of aldehydes is 1. The van der Waals surface area contributed by atoms with Crippen molar-refractivity contribution in [3.8, 4) is 11.5 Å². The molecule has 0 amide bonds. The molecule has 1 fully saturated rings. The van der Waals surface area contributed by atoms with Gasteiger partial charge in [-0.05, 0) is 95.0 Å². The zero-order valence-electron chi connectivity index (χ0n) is 41.4. The van der Waals surface area contributed by atoms with Crippen LogP contribution in [0.3, 0.4) is 0 Å². The fourth-order valence-electron chi connectivity index (χ4n) is 6.78. The Labute approximate surface area is 419 Å². The van der Waals surface area contributed by atoms with Crippen LogP contribution in [0.2, 0.25) is 0 Å². The maximum Gasteiger partial charge on any atom is 0.319 e. The lowest BCUT2D eigenvalue weighted by Gasteiger charge is -2.40. The van der Waals surface area contributed by atoms with E-state index in [2.05, 4.69) is 0 Å². The van der Waals surface area contributed by atoms with E-state index in [-0.39, 0.29) is 70.9 Å². The molecular weight excluding hydrogens is 933 g/mol. The fraction of sp³-hybridized carbons (Fsp3) is 0.436. The van der Waals surface area contributed by atoms with Gasteiger partial charge in [-0.15, -0.1) is 0 Å². The standard InChI is InChI=1S/C55H64O17/c1-52(2)71-37-55(5,38-72-52)51(63)70-36-54(4,49(61)66-32-40-14-8-6-9-15-40)35-69-50(62)53(3,33-67-47(59)18-12-28-64-43-24-20-39(31-56)21-25-43)34-68-48(60)19-13-29-65-44-26-22-42(23-27-44)46(58)30-45(57)41-16-10-7-11-17-41/h6-11,14-17,20-27,31,46,58H,12-13,18-19,28-30,32-38H2,1-5H3. The lowest BCUT2D eigenvalue weighted by atomic mass is 9.90. The minimum Gasteiger partial charge on any atom is -0.494 e. The Morgan fingerprint density at radius 1 is 0.625 bits per heavy atom. The molecule has 5 rings (SSSR count). The predicted octanol–water partition coefficient (Wildman–Crippen LogP) is 7.54. The molecule has 386 valence electrons. The van der Waals surface area contributed by atoms with Crippen molar-refractivity contribution in [2.75, 3.05) is 52.9 Å². The number of carbonyl (C=O) groups is 7. The number of carbonyl (C=O) groups excluding carboxylic acids is 7. The van der Waals surface area contributed by atoms with Gasteiger partial charge in [-0.2, -0.15) is 0 Å². The molecule has 0 saturated carbocycles. The van der Waals surface area contributed by atoms with Gasteiger partial charge < -0.3 is 47.7 Å². The van der Waals surface area contributed by atoms with Crippen LogP contribution in [-0.4, -0.2) is 106 Å². The van der Waals surface area contributed by atoms with Crippen molar-refractivity contribution in [2.24, 2.45) is 16.2 Å². The highest BCUT2D eigenvalue weighted by Crippen LogP contribution is 2.33. The second-order valence-corrected chi connectivity index (χ2v) is 18.9. The zero-order chi connectivity index (χ0) is 52.2. The van der Waals surface area contributed by atoms with Crippen molar-refractivity contribution in [3.05, 3.63) is 131 Å². The van der Waals surface area contributed by atoms with E-state index in [0.29, 0.717) is 40.0 Å². The number of esters is 5. The molecule has 72 heavy (non-hydrogen) atoms. The average Bonchev–Trinajstić information content (AvgIpc) is 3.39. The van der Waals surface area contributed by atoms with E-state index >= 15 is 0 Å². The number of hydrogen-bond acceptors (Lipinski definition) is 17. The first kappa shape index (κ1) is 56.0. The fourth-order valence-corrected chi connectivity index (χ4v) is 6.78. The number of aliphatic hydroxyl groups excluding tert-OH is 1. The van der Waals surface area contributed by atoms with E-state index in [1.807, 2.05) is 0 Å². The van der Waals surface area contributed by atoms with Crippen LogP contribution >= 0.6 is 0 Å². The SMILES string of the molecule is CC1(C)OCC(C)(C(=O)OCC(C)(COC(=O)C(C)(COC(=O)CCCOc2ccc(C=O)cc2)COC(=O)CCCOc2ccc(C(O)CC(=O)c3ccccc3)cc2)C(=O)OCc2ccccc2)CO1. The second kappa shape index (κ2) is 26.5. The number of aliphatic hydroxyl groups is 1. The highest BCUT2D eigenvalue weighted by molar-refractivity contribution is 5.96. The first-order valence-electron chi connectivity index (χ1n) is 23.6. The molecule has 3 unspecified atom stereocenters. The molecule has 4 aromatic rings. The molecule has 4 aromatic carbocycles. The summed E-state index contributed by atoms with van der Waals surface area (Å²) in [5.41, 5.74) is -2.56. The summed E-state index contributed by atoms with van der Waals surface area (Å²) in [4.78, 5) is 91.0. The summed E-state index contributed by atoms with van der Waals surface area (Å²) in [6.45, 7) is 5.49. The van der Waals surface area contributed by atoms with Gasteiger partial charge in [-0.25, -0.2) is 0 Å². The Balaban J connectivity index is 1.19. The number of Topliss-reactive ketones (excluding diaryl/α,β-unsaturated/α-hetero) is 1. The van der Waals surface area contributed by atoms with E-state index < -0.39 is 84.4 Å². The Bertz CT molecular complexity index is 2410. The maximum absolute atomic E-state index is 14.1. The summed E-state index contributed by atoms with van der Waals surface area (Å²) in [6, 6.07) is 30.6. The van der Waals surface area contributed by atoms with E-state index in [4.69, 9.17) is 42.6 Å². The number of benzene rings is 4. The molecule has 3 atom stereocenters. The van der Waals surface area contributed by atoms with Gasteiger partial charge in [-0.1, -0.05) is 72.8 Å². The Morgan fingerprint density at radius 2 is 1.10 bits per heavy atom. The molecule has 0 spiro atoms. The van der Waals surface area contributed by atoms with Crippen molar-refractivity contribution in [2.45, 2.75) is 85.2 Å². The summed E-state index contributed by atoms with van der Waals surface area (Å²) >= 11 is 0.